The van der Waals surface area contributed by atoms with Crippen LogP contribution in [-0.2, 0) is 14.3 Å². The van der Waals surface area contributed by atoms with Gasteiger partial charge >= 0.3 is 0 Å². The van der Waals surface area contributed by atoms with E-state index >= 15 is 0 Å². The Hall–Kier alpha value is -0.910. The van der Waals surface area contributed by atoms with Crippen LogP contribution < -0.4 is 5.32 Å². The summed E-state index contributed by atoms with van der Waals surface area (Å²) in [6.07, 6.45) is -0.409. The number of anilines is 1. The molecule has 17 heavy (non-hydrogen) atoms. The first-order valence-electron chi connectivity index (χ1n) is 5.45. The lowest BCUT2D eigenvalue weighted by molar-refractivity contribution is -0.161. The Kier molecular flexibility index (Phi) is 4.15. The van der Waals surface area contributed by atoms with Crippen LogP contribution in [0.2, 0.25) is 0 Å². The van der Waals surface area contributed by atoms with Crippen LogP contribution in [0.3, 0.4) is 0 Å². The van der Waals surface area contributed by atoms with Crippen LogP contribution in [0.1, 0.15) is 6.92 Å². The summed E-state index contributed by atoms with van der Waals surface area (Å²) in [7, 11) is 0. The molecule has 1 aromatic rings. The highest BCUT2D eigenvalue weighted by atomic mass is 79.9. The molecule has 1 saturated heterocycles. The van der Waals surface area contributed by atoms with Gasteiger partial charge in [-0.05, 0) is 31.2 Å². The minimum Gasteiger partial charge on any atom is -0.376 e. The van der Waals surface area contributed by atoms with Crippen LogP contribution >= 0.6 is 15.9 Å². The van der Waals surface area contributed by atoms with Crippen LogP contribution in [0.4, 0.5) is 5.69 Å². The van der Waals surface area contributed by atoms with Gasteiger partial charge in [0, 0.05) is 10.2 Å². The maximum atomic E-state index is 11.8. The van der Waals surface area contributed by atoms with Gasteiger partial charge in [-0.3, -0.25) is 4.79 Å². The Morgan fingerprint density at radius 1 is 1.47 bits per heavy atom. The van der Waals surface area contributed by atoms with Crippen molar-refractivity contribution in [3.63, 3.8) is 0 Å². The average Bonchev–Trinajstić information content (AvgIpc) is 2.26. The molecule has 5 heteroatoms. The molecular weight excluding hydrogens is 286 g/mol. The lowest BCUT2D eigenvalue weighted by atomic mass is 10.2. The zero-order chi connectivity index (χ0) is 12.3. The predicted molar refractivity (Wildman–Crippen MR) is 67.9 cm³/mol. The molecule has 1 atom stereocenters. The molecule has 0 bridgehead atoms. The normalized spacial score (nSPS) is 17.3. The quantitative estimate of drug-likeness (QED) is 0.927. The van der Waals surface area contributed by atoms with Crippen molar-refractivity contribution in [2.75, 3.05) is 18.5 Å². The van der Waals surface area contributed by atoms with Crippen molar-refractivity contribution in [1.29, 1.82) is 0 Å². The van der Waals surface area contributed by atoms with E-state index in [0.29, 0.717) is 13.2 Å². The van der Waals surface area contributed by atoms with Gasteiger partial charge in [0.1, 0.15) is 12.2 Å². The molecule has 1 heterocycles. The van der Waals surface area contributed by atoms with Gasteiger partial charge in [0.05, 0.1) is 13.2 Å². The summed E-state index contributed by atoms with van der Waals surface area (Å²) in [6, 6.07) is 7.42. The molecule has 1 unspecified atom stereocenters. The number of hydrogen-bond acceptors (Lipinski definition) is 3. The molecule has 92 valence electrons. The number of benzene rings is 1. The summed E-state index contributed by atoms with van der Waals surface area (Å²) in [5.41, 5.74) is 0.763. The number of rotatable bonds is 4. The number of nitrogens with one attached hydrogen (secondary N) is 1. The van der Waals surface area contributed by atoms with Crippen molar-refractivity contribution < 1.29 is 14.3 Å². The number of ether oxygens (including phenoxy) is 2. The number of amides is 1. The fourth-order valence-electron chi connectivity index (χ4n) is 1.42. The van der Waals surface area contributed by atoms with Gasteiger partial charge in [0.25, 0.3) is 5.91 Å². The van der Waals surface area contributed by atoms with E-state index in [-0.39, 0.29) is 12.0 Å². The molecule has 1 aromatic carbocycles. The van der Waals surface area contributed by atoms with E-state index in [0.717, 1.165) is 10.2 Å². The van der Waals surface area contributed by atoms with Gasteiger partial charge in [0.2, 0.25) is 0 Å². The first-order chi connectivity index (χ1) is 8.15. The van der Waals surface area contributed by atoms with Crippen LogP contribution in [0, 0.1) is 0 Å². The van der Waals surface area contributed by atoms with E-state index in [1.165, 1.54) is 0 Å². The molecular formula is C12H14BrNO3. The monoisotopic (exact) mass is 299 g/mol. The number of carbonyl (C=O) groups excluding carboxylic acids is 1. The lowest BCUT2D eigenvalue weighted by Crippen LogP contribution is -2.41. The van der Waals surface area contributed by atoms with E-state index in [4.69, 9.17) is 9.47 Å². The van der Waals surface area contributed by atoms with E-state index in [2.05, 4.69) is 21.2 Å². The van der Waals surface area contributed by atoms with Crippen molar-refractivity contribution in [3.8, 4) is 0 Å². The fourth-order valence-corrected chi connectivity index (χ4v) is 1.68. The molecule has 1 fully saturated rings. The maximum Gasteiger partial charge on any atom is 0.253 e. The van der Waals surface area contributed by atoms with Crippen molar-refractivity contribution in [2.45, 2.75) is 19.1 Å². The topological polar surface area (TPSA) is 47.6 Å². The minimum atomic E-state index is -0.465. The summed E-state index contributed by atoms with van der Waals surface area (Å²) < 4.78 is 11.5. The second-order valence-corrected chi connectivity index (χ2v) is 4.85. The van der Waals surface area contributed by atoms with E-state index in [1.54, 1.807) is 6.92 Å². The number of carbonyl (C=O) groups is 1. The Labute approximate surface area is 108 Å². The van der Waals surface area contributed by atoms with E-state index in [1.807, 2.05) is 24.3 Å². The molecule has 0 aliphatic carbocycles. The van der Waals surface area contributed by atoms with Crippen LogP contribution in [0.25, 0.3) is 0 Å². The largest absolute Gasteiger partial charge is 0.376 e. The predicted octanol–water partition coefficient (Wildman–Crippen LogP) is 2.19. The molecule has 0 spiro atoms. The molecule has 0 aromatic heterocycles. The van der Waals surface area contributed by atoms with Gasteiger partial charge < -0.3 is 14.8 Å². The van der Waals surface area contributed by atoms with Gasteiger partial charge in [-0.1, -0.05) is 15.9 Å². The molecule has 1 aliphatic heterocycles. The van der Waals surface area contributed by atoms with Crippen molar-refractivity contribution in [1.82, 2.24) is 0 Å². The Balaban J connectivity index is 1.84. The summed E-state index contributed by atoms with van der Waals surface area (Å²) in [5.74, 6) is -0.140. The third-order valence-corrected chi connectivity index (χ3v) is 3.01. The molecule has 0 saturated carbocycles. The SMILES string of the molecule is CC(OC1COC1)C(=O)Nc1ccc(Br)cc1. The summed E-state index contributed by atoms with van der Waals surface area (Å²) >= 11 is 3.34. The van der Waals surface area contributed by atoms with Gasteiger partial charge in [-0.25, -0.2) is 0 Å². The third-order valence-electron chi connectivity index (χ3n) is 2.49. The molecule has 1 aliphatic rings. The first kappa shape index (κ1) is 12.5. The molecule has 1 amide bonds. The highest BCUT2D eigenvalue weighted by Crippen LogP contribution is 2.15. The third kappa shape index (κ3) is 3.52. The van der Waals surface area contributed by atoms with Gasteiger partial charge in [0.15, 0.2) is 0 Å². The average molecular weight is 300 g/mol. The van der Waals surface area contributed by atoms with Crippen molar-refractivity contribution in [3.05, 3.63) is 28.7 Å². The molecule has 1 N–H and O–H groups in total. The first-order valence-corrected chi connectivity index (χ1v) is 6.24. The van der Waals surface area contributed by atoms with E-state index in [9.17, 15) is 4.79 Å². The highest BCUT2D eigenvalue weighted by molar-refractivity contribution is 9.10. The van der Waals surface area contributed by atoms with Crippen molar-refractivity contribution in [2.24, 2.45) is 0 Å². The maximum absolute atomic E-state index is 11.8. The van der Waals surface area contributed by atoms with Crippen molar-refractivity contribution >= 4 is 27.5 Å². The number of hydrogen-bond donors (Lipinski definition) is 1. The Morgan fingerprint density at radius 3 is 2.65 bits per heavy atom. The fraction of sp³-hybridized carbons (Fsp3) is 0.417. The molecule has 0 radical (unpaired) electrons. The summed E-state index contributed by atoms with van der Waals surface area (Å²) in [6.45, 7) is 2.90. The molecule has 2 rings (SSSR count). The van der Waals surface area contributed by atoms with Gasteiger partial charge in [-0.15, -0.1) is 0 Å². The van der Waals surface area contributed by atoms with Crippen LogP contribution in [-0.4, -0.2) is 31.3 Å². The summed E-state index contributed by atoms with van der Waals surface area (Å²) in [5, 5.41) is 2.80. The standard InChI is InChI=1S/C12H14BrNO3/c1-8(17-11-6-16-7-11)12(15)14-10-4-2-9(13)3-5-10/h2-5,8,11H,6-7H2,1H3,(H,14,15). The number of halogens is 1. The molecule has 4 nitrogen and oxygen atoms in total. The highest BCUT2D eigenvalue weighted by Gasteiger charge is 2.24. The minimum absolute atomic E-state index is 0.0562. The smallest absolute Gasteiger partial charge is 0.253 e. The lowest BCUT2D eigenvalue weighted by Gasteiger charge is -2.28. The second kappa shape index (κ2) is 5.62. The zero-order valence-corrected chi connectivity index (χ0v) is 11.1. The van der Waals surface area contributed by atoms with Crippen LogP contribution in [0.15, 0.2) is 28.7 Å². The van der Waals surface area contributed by atoms with E-state index < -0.39 is 6.10 Å². The zero-order valence-electron chi connectivity index (χ0n) is 9.48. The van der Waals surface area contributed by atoms with Gasteiger partial charge in [-0.2, -0.15) is 0 Å². The van der Waals surface area contributed by atoms with Crippen LogP contribution in [0.5, 0.6) is 0 Å². The summed E-state index contributed by atoms with van der Waals surface area (Å²) in [4.78, 5) is 11.8. The second-order valence-electron chi connectivity index (χ2n) is 3.93. The Morgan fingerprint density at radius 2 is 2.12 bits per heavy atom. The Bertz CT molecular complexity index is 389.